The molecule has 1 aliphatic carbocycles. The Morgan fingerprint density at radius 3 is 2.62 bits per heavy atom. The second kappa shape index (κ2) is 4.05. The molecular formula is C11H16N2O2S. The summed E-state index contributed by atoms with van der Waals surface area (Å²) in [6.07, 6.45) is 2.16. The highest BCUT2D eigenvalue weighted by atomic mass is 32.1. The van der Waals surface area contributed by atoms with Gasteiger partial charge in [0.05, 0.1) is 5.69 Å². The Hall–Kier alpha value is -1.10. The van der Waals surface area contributed by atoms with Gasteiger partial charge in [0.2, 0.25) is 0 Å². The van der Waals surface area contributed by atoms with Crippen LogP contribution in [-0.4, -0.2) is 29.1 Å². The highest BCUT2D eigenvalue weighted by molar-refractivity contribution is 7.17. The number of carboxylic acids is 1. The Kier molecular flexibility index (Phi) is 2.88. The standard InChI is InChI=1S/C11H16N2O2S/c1-6(2)13(3)11-12-8(7-4-5-7)9(16-11)10(14)15/h6-7H,4-5H2,1-3H3,(H,14,15). The molecule has 88 valence electrons. The van der Waals surface area contributed by atoms with Gasteiger partial charge in [-0.25, -0.2) is 9.78 Å². The molecule has 0 unspecified atom stereocenters. The molecule has 16 heavy (non-hydrogen) atoms. The summed E-state index contributed by atoms with van der Waals surface area (Å²) in [7, 11) is 1.95. The van der Waals surface area contributed by atoms with Crippen LogP contribution in [-0.2, 0) is 0 Å². The molecule has 2 rings (SSSR count). The number of anilines is 1. The Morgan fingerprint density at radius 1 is 1.56 bits per heavy atom. The first-order chi connectivity index (χ1) is 7.50. The maximum Gasteiger partial charge on any atom is 0.347 e. The van der Waals surface area contributed by atoms with Crippen LogP contribution < -0.4 is 4.90 Å². The van der Waals surface area contributed by atoms with Gasteiger partial charge in [0.1, 0.15) is 4.88 Å². The highest BCUT2D eigenvalue weighted by Crippen LogP contribution is 2.44. The van der Waals surface area contributed by atoms with E-state index in [9.17, 15) is 4.79 Å². The van der Waals surface area contributed by atoms with Crippen LogP contribution >= 0.6 is 11.3 Å². The Labute approximate surface area is 98.9 Å². The van der Waals surface area contributed by atoms with Crippen molar-refractivity contribution in [2.24, 2.45) is 0 Å². The molecule has 1 fully saturated rings. The summed E-state index contributed by atoms with van der Waals surface area (Å²) in [5, 5.41) is 9.94. The summed E-state index contributed by atoms with van der Waals surface area (Å²) in [5.74, 6) is -0.459. The van der Waals surface area contributed by atoms with E-state index in [2.05, 4.69) is 18.8 Å². The molecule has 0 amide bonds. The normalized spacial score (nSPS) is 15.5. The highest BCUT2D eigenvalue weighted by Gasteiger charge is 2.32. The van der Waals surface area contributed by atoms with Crippen molar-refractivity contribution in [1.29, 1.82) is 0 Å². The number of rotatable bonds is 4. The summed E-state index contributed by atoms with van der Waals surface area (Å²) in [6.45, 7) is 4.14. The van der Waals surface area contributed by atoms with Crippen molar-refractivity contribution in [3.8, 4) is 0 Å². The molecule has 0 aromatic carbocycles. The zero-order valence-electron chi connectivity index (χ0n) is 9.73. The van der Waals surface area contributed by atoms with Crippen molar-refractivity contribution < 1.29 is 9.90 Å². The van der Waals surface area contributed by atoms with Crippen molar-refractivity contribution in [1.82, 2.24) is 4.98 Å². The van der Waals surface area contributed by atoms with Crippen LogP contribution in [0.15, 0.2) is 0 Å². The van der Waals surface area contributed by atoms with E-state index < -0.39 is 5.97 Å². The number of aromatic carboxylic acids is 1. The van der Waals surface area contributed by atoms with E-state index >= 15 is 0 Å². The molecule has 1 heterocycles. The molecule has 1 aromatic heterocycles. The maximum atomic E-state index is 11.1. The molecule has 0 atom stereocenters. The number of carboxylic acid groups (broad SMARTS) is 1. The summed E-state index contributed by atoms with van der Waals surface area (Å²) in [6, 6.07) is 0.333. The van der Waals surface area contributed by atoms with E-state index in [0.29, 0.717) is 16.8 Å². The molecule has 0 aliphatic heterocycles. The van der Waals surface area contributed by atoms with Gasteiger partial charge in [-0.2, -0.15) is 0 Å². The maximum absolute atomic E-state index is 11.1. The third-order valence-corrected chi connectivity index (χ3v) is 4.03. The molecule has 4 nitrogen and oxygen atoms in total. The van der Waals surface area contributed by atoms with Crippen molar-refractivity contribution in [3.05, 3.63) is 10.6 Å². The van der Waals surface area contributed by atoms with Crippen LogP contribution in [0, 0.1) is 0 Å². The van der Waals surface area contributed by atoms with Gasteiger partial charge in [0.25, 0.3) is 0 Å². The first-order valence-corrected chi connectivity index (χ1v) is 6.29. The molecule has 1 aliphatic rings. The average Bonchev–Trinajstić information content (AvgIpc) is 2.96. The zero-order chi connectivity index (χ0) is 11.9. The van der Waals surface area contributed by atoms with Gasteiger partial charge in [0.15, 0.2) is 5.13 Å². The van der Waals surface area contributed by atoms with Crippen molar-refractivity contribution in [2.75, 3.05) is 11.9 Å². The Balaban J connectivity index is 2.34. The van der Waals surface area contributed by atoms with E-state index in [1.54, 1.807) is 0 Å². The Morgan fingerprint density at radius 2 is 2.19 bits per heavy atom. The molecule has 0 radical (unpaired) electrons. The summed E-state index contributed by atoms with van der Waals surface area (Å²) in [4.78, 5) is 18.0. The molecule has 1 saturated carbocycles. The van der Waals surface area contributed by atoms with E-state index in [1.807, 2.05) is 11.9 Å². The lowest BCUT2D eigenvalue weighted by Gasteiger charge is -2.19. The van der Waals surface area contributed by atoms with E-state index in [0.717, 1.165) is 23.7 Å². The molecule has 0 saturated heterocycles. The van der Waals surface area contributed by atoms with Gasteiger partial charge in [-0.3, -0.25) is 0 Å². The van der Waals surface area contributed by atoms with Crippen LogP contribution in [0.4, 0.5) is 5.13 Å². The summed E-state index contributed by atoms with van der Waals surface area (Å²) < 4.78 is 0. The fourth-order valence-electron chi connectivity index (χ4n) is 1.48. The lowest BCUT2D eigenvalue weighted by atomic mass is 10.2. The van der Waals surface area contributed by atoms with Crippen molar-refractivity contribution in [3.63, 3.8) is 0 Å². The topological polar surface area (TPSA) is 53.4 Å². The number of aromatic nitrogens is 1. The lowest BCUT2D eigenvalue weighted by molar-refractivity contribution is 0.0700. The predicted molar refractivity (Wildman–Crippen MR) is 64.6 cm³/mol. The van der Waals surface area contributed by atoms with Gasteiger partial charge in [0, 0.05) is 19.0 Å². The molecular weight excluding hydrogens is 224 g/mol. The molecule has 0 bridgehead atoms. The summed E-state index contributed by atoms with van der Waals surface area (Å²) >= 11 is 1.29. The molecule has 5 heteroatoms. The lowest BCUT2D eigenvalue weighted by Crippen LogP contribution is -2.25. The fraction of sp³-hybridized carbons (Fsp3) is 0.636. The predicted octanol–water partition coefficient (Wildman–Crippen LogP) is 2.56. The molecule has 0 spiro atoms. The first kappa shape index (κ1) is 11.4. The Bertz CT molecular complexity index is 410. The summed E-state index contributed by atoms with van der Waals surface area (Å²) in [5.41, 5.74) is 0.792. The van der Waals surface area contributed by atoms with Gasteiger partial charge >= 0.3 is 5.97 Å². The van der Waals surface area contributed by atoms with Crippen molar-refractivity contribution in [2.45, 2.75) is 38.6 Å². The number of hydrogen-bond acceptors (Lipinski definition) is 4. The van der Waals surface area contributed by atoms with Gasteiger partial charge in [-0.05, 0) is 26.7 Å². The molecule has 1 aromatic rings. The third-order valence-electron chi connectivity index (χ3n) is 2.88. The smallest absolute Gasteiger partial charge is 0.347 e. The molecule has 1 N–H and O–H groups in total. The largest absolute Gasteiger partial charge is 0.477 e. The number of nitrogens with zero attached hydrogens (tertiary/aromatic N) is 2. The van der Waals surface area contributed by atoms with Crippen LogP contribution in [0.1, 0.15) is 48.0 Å². The quantitative estimate of drug-likeness (QED) is 0.878. The first-order valence-electron chi connectivity index (χ1n) is 5.47. The van der Waals surface area contributed by atoms with Crippen LogP contribution in [0.3, 0.4) is 0 Å². The zero-order valence-corrected chi connectivity index (χ0v) is 10.5. The second-order valence-electron chi connectivity index (χ2n) is 4.49. The monoisotopic (exact) mass is 240 g/mol. The average molecular weight is 240 g/mol. The second-order valence-corrected chi connectivity index (χ2v) is 5.47. The van der Waals surface area contributed by atoms with Gasteiger partial charge < -0.3 is 10.0 Å². The van der Waals surface area contributed by atoms with Crippen LogP contribution in [0.25, 0.3) is 0 Å². The van der Waals surface area contributed by atoms with E-state index in [-0.39, 0.29) is 0 Å². The van der Waals surface area contributed by atoms with Crippen LogP contribution in [0.2, 0.25) is 0 Å². The number of carbonyl (C=O) groups is 1. The third kappa shape index (κ3) is 2.04. The van der Waals surface area contributed by atoms with E-state index in [4.69, 9.17) is 5.11 Å². The fourth-order valence-corrected chi connectivity index (χ4v) is 2.56. The van der Waals surface area contributed by atoms with Gasteiger partial charge in [-0.15, -0.1) is 0 Å². The van der Waals surface area contributed by atoms with Crippen LogP contribution in [0.5, 0.6) is 0 Å². The van der Waals surface area contributed by atoms with Gasteiger partial charge in [-0.1, -0.05) is 11.3 Å². The van der Waals surface area contributed by atoms with Crippen molar-refractivity contribution >= 4 is 22.4 Å². The number of thiazole rings is 1. The minimum atomic E-state index is -0.845. The van der Waals surface area contributed by atoms with E-state index in [1.165, 1.54) is 11.3 Å². The minimum Gasteiger partial charge on any atom is -0.477 e. The number of hydrogen-bond donors (Lipinski definition) is 1. The SMILES string of the molecule is CC(C)N(C)c1nc(C2CC2)c(C(=O)O)s1. The minimum absolute atomic E-state index is 0.333.